The zero-order valence-corrected chi connectivity index (χ0v) is 11.7. The SMILES string of the molecule is CC(C)(C)c1cc(NN)nc(Cc2cccs2)n1. The van der Waals surface area contributed by atoms with E-state index in [4.69, 9.17) is 5.84 Å². The van der Waals surface area contributed by atoms with Gasteiger partial charge < -0.3 is 5.43 Å². The molecule has 0 saturated carbocycles. The number of aromatic nitrogens is 2. The van der Waals surface area contributed by atoms with Crippen LogP contribution < -0.4 is 11.3 Å². The first-order chi connectivity index (χ1) is 8.49. The summed E-state index contributed by atoms with van der Waals surface area (Å²) in [6.07, 6.45) is 0.746. The van der Waals surface area contributed by atoms with Gasteiger partial charge in [-0.15, -0.1) is 11.3 Å². The Bertz CT molecular complexity index is 514. The highest BCUT2D eigenvalue weighted by atomic mass is 32.1. The Kier molecular flexibility index (Phi) is 3.63. The second-order valence-corrected chi connectivity index (χ2v) is 6.24. The molecule has 0 saturated heterocycles. The Labute approximate surface area is 111 Å². The van der Waals surface area contributed by atoms with Crippen LogP contribution in [0, 0.1) is 0 Å². The molecule has 0 aliphatic rings. The second-order valence-electron chi connectivity index (χ2n) is 5.21. The molecule has 0 aromatic carbocycles. The van der Waals surface area contributed by atoms with E-state index in [1.165, 1.54) is 4.88 Å². The molecule has 0 atom stereocenters. The Balaban J connectivity index is 2.35. The van der Waals surface area contributed by atoms with Gasteiger partial charge in [0.05, 0.1) is 5.69 Å². The highest BCUT2D eigenvalue weighted by molar-refractivity contribution is 7.09. The molecule has 18 heavy (non-hydrogen) atoms. The number of nitrogen functional groups attached to an aromatic ring is 1. The van der Waals surface area contributed by atoms with Crippen molar-refractivity contribution in [2.45, 2.75) is 32.6 Å². The number of nitrogens with zero attached hydrogens (tertiary/aromatic N) is 2. The monoisotopic (exact) mass is 262 g/mol. The normalized spacial score (nSPS) is 11.6. The minimum atomic E-state index is -0.0151. The predicted molar refractivity (Wildman–Crippen MR) is 75.7 cm³/mol. The van der Waals surface area contributed by atoms with E-state index in [0.717, 1.165) is 17.9 Å². The third kappa shape index (κ3) is 3.05. The third-order valence-electron chi connectivity index (χ3n) is 2.60. The number of hydrazine groups is 1. The Morgan fingerprint density at radius 3 is 2.67 bits per heavy atom. The minimum absolute atomic E-state index is 0.0151. The average molecular weight is 262 g/mol. The molecule has 96 valence electrons. The maximum absolute atomic E-state index is 5.47. The van der Waals surface area contributed by atoms with Gasteiger partial charge in [0.15, 0.2) is 0 Å². The lowest BCUT2D eigenvalue weighted by Crippen LogP contribution is -2.18. The van der Waals surface area contributed by atoms with Crippen LogP contribution in [-0.4, -0.2) is 9.97 Å². The van der Waals surface area contributed by atoms with Crippen LogP contribution in [0.25, 0.3) is 0 Å². The maximum Gasteiger partial charge on any atom is 0.143 e. The van der Waals surface area contributed by atoms with Crippen molar-refractivity contribution in [2.75, 3.05) is 5.43 Å². The van der Waals surface area contributed by atoms with Crippen molar-refractivity contribution >= 4 is 17.2 Å². The molecule has 2 rings (SSSR count). The van der Waals surface area contributed by atoms with Gasteiger partial charge in [0.2, 0.25) is 0 Å². The number of nitrogens with two attached hydrogens (primary N) is 1. The first kappa shape index (κ1) is 13.0. The van der Waals surface area contributed by atoms with Gasteiger partial charge >= 0.3 is 0 Å². The molecule has 2 heterocycles. The Morgan fingerprint density at radius 2 is 2.11 bits per heavy atom. The van der Waals surface area contributed by atoms with Crippen molar-refractivity contribution in [3.8, 4) is 0 Å². The van der Waals surface area contributed by atoms with Gasteiger partial charge in [0, 0.05) is 22.8 Å². The van der Waals surface area contributed by atoms with Crippen molar-refractivity contribution in [1.82, 2.24) is 9.97 Å². The van der Waals surface area contributed by atoms with Crippen LogP contribution in [0.15, 0.2) is 23.6 Å². The average Bonchev–Trinajstić information content (AvgIpc) is 2.80. The van der Waals surface area contributed by atoms with Gasteiger partial charge in [-0.1, -0.05) is 26.8 Å². The van der Waals surface area contributed by atoms with E-state index < -0.39 is 0 Å². The van der Waals surface area contributed by atoms with E-state index in [1.54, 1.807) is 11.3 Å². The standard InChI is InChI=1S/C13H18N4S/c1-13(2,3)10-8-12(17-14)16-11(15-10)7-9-5-4-6-18-9/h4-6,8H,7,14H2,1-3H3,(H,15,16,17). The number of hydrogen-bond donors (Lipinski definition) is 2. The number of hydrogen-bond acceptors (Lipinski definition) is 5. The predicted octanol–water partition coefficient (Wildman–Crippen LogP) is 2.71. The summed E-state index contributed by atoms with van der Waals surface area (Å²) in [4.78, 5) is 10.3. The Morgan fingerprint density at radius 1 is 1.33 bits per heavy atom. The number of anilines is 1. The van der Waals surface area contributed by atoms with Crippen LogP contribution in [0.2, 0.25) is 0 Å². The van der Waals surface area contributed by atoms with E-state index in [9.17, 15) is 0 Å². The fraction of sp³-hybridized carbons (Fsp3) is 0.385. The summed E-state index contributed by atoms with van der Waals surface area (Å²) in [6.45, 7) is 6.39. The van der Waals surface area contributed by atoms with Crippen molar-refractivity contribution in [3.05, 3.63) is 40.0 Å². The lowest BCUT2D eigenvalue weighted by molar-refractivity contribution is 0.563. The van der Waals surface area contributed by atoms with Crippen LogP contribution in [0.1, 0.15) is 37.2 Å². The molecule has 3 N–H and O–H groups in total. The molecule has 0 aliphatic heterocycles. The number of rotatable bonds is 3. The summed E-state index contributed by atoms with van der Waals surface area (Å²) in [7, 11) is 0. The van der Waals surface area contributed by atoms with Crippen molar-refractivity contribution in [2.24, 2.45) is 5.84 Å². The maximum atomic E-state index is 5.47. The van der Waals surface area contributed by atoms with Crippen molar-refractivity contribution < 1.29 is 0 Å². The second kappa shape index (κ2) is 5.04. The van der Waals surface area contributed by atoms with Crippen molar-refractivity contribution in [3.63, 3.8) is 0 Å². The summed E-state index contributed by atoms with van der Waals surface area (Å²) in [6, 6.07) is 6.03. The van der Waals surface area contributed by atoms with E-state index in [0.29, 0.717) is 5.82 Å². The zero-order valence-electron chi connectivity index (χ0n) is 10.9. The first-order valence-electron chi connectivity index (χ1n) is 5.86. The first-order valence-corrected chi connectivity index (χ1v) is 6.74. The van der Waals surface area contributed by atoms with Crippen LogP contribution >= 0.6 is 11.3 Å². The quantitative estimate of drug-likeness (QED) is 0.659. The summed E-state index contributed by atoms with van der Waals surface area (Å²) >= 11 is 1.71. The lowest BCUT2D eigenvalue weighted by Gasteiger charge is -2.19. The molecule has 2 aromatic heterocycles. The minimum Gasteiger partial charge on any atom is -0.308 e. The smallest absolute Gasteiger partial charge is 0.143 e. The molecule has 0 fully saturated rings. The summed E-state index contributed by atoms with van der Waals surface area (Å²) in [5.41, 5.74) is 3.59. The van der Waals surface area contributed by atoms with Crippen LogP contribution in [0.3, 0.4) is 0 Å². The third-order valence-corrected chi connectivity index (χ3v) is 3.48. The molecule has 0 aliphatic carbocycles. The van der Waals surface area contributed by atoms with Gasteiger partial charge in [-0.05, 0) is 11.4 Å². The number of nitrogens with one attached hydrogen (secondary N) is 1. The van der Waals surface area contributed by atoms with Gasteiger partial charge in [0.1, 0.15) is 11.6 Å². The van der Waals surface area contributed by atoms with Gasteiger partial charge in [-0.3, -0.25) is 0 Å². The fourth-order valence-corrected chi connectivity index (χ4v) is 2.30. The molecule has 0 unspecified atom stereocenters. The van der Waals surface area contributed by atoms with E-state index in [-0.39, 0.29) is 5.41 Å². The molecule has 0 radical (unpaired) electrons. The molecule has 0 spiro atoms. The molecule has 0 bridgehead atoms. The van der Waals surface area contributed by atoms with Crippen molar-refractivity contribution in [1.29, 1.82) is 0 Å². The highest BCUT2D eigenvalue weighted by Crippen LogP contribution is 2.23. The van der Waals surface area contributed by atoms with Crippen LogP contribution in [0.4, 0.5) is 5.82 Å². The zero-order chi connectivity index (χ0) is 13.2. The van der Waals surface area contributed by atoms with Gasteiger partial charge in [-0.25, -0.2) is 15.8 Å². The largest absolute Gasteiger partial charge is 0.308 e. The van der Waals surface area contributed by atoms with Crippen LogP contribution in [0.5, 0.6) is 0 Å². The highest BCUT2D eigenvalue weighted by Gasteiger charge is 2.18. The molecule has 5 heteroatoms. The molecular weight excluding hydrogens is 244 g/mol. The van der Waals surface area contributed by atoms with Crippen LogP contribution in [-0.2, 0) is 11.8 Å². The Hall–Kier alpha value is -1.46. The van der Waals surface area contributed by atoms with E-state index in [1.807, 2.05) is 12.1 Å². The van der Waals surface area contributed by atoms with Gasteiger partial charge in [-0.2, -0.15) is 0 Å². The summed E-state index contributed by atoms with van der Waals surface area (Å²) < 4.78 is 0. The molecule has 4 nitrogen and oxygen atoms in total. The van der Waals surface area contributed by atoms with Gasteiger partial charge in [0.25, 0.3) is 0 Å². The topological polar surface area (TPSA) is 63.8 Å². The summed E-state index contributed by atoms with van der Waals surface area (Å²) in [5.74, 6) is 6.94. The van der Waals surface area contributed by atoms with E-state index in [2.05, 4.69) is 47.6 Å². The molecular formula is C13H18N4S. The molecule has 2 aromatic rings. The van der Waals surface area contributed by atoms with E-state index >= 15 is 0 Å². The fourth-order valence-electron chi connectivity index (χ4n) is 1.60. The lowest BCUT2D eigenvalue weighted by atomic mass is 9.92. The summed E-state index contributed by atoms with van der Waals surface area (Å²) in [5, 5.41) is 2.06. The molecule has 0 amide bonds. The number of thiophene rings is 1.